The highest BCUT2D eigenvalue weighted by Gasteiger charge is 2.21. The number of aryl methyl sites for hydroxylation is 2. The van der Waals surface area contributed by atoms with E-state index in [1.807, 2.05) is 52.8 Å². The van der Waals surface area contributed by atoms with E-state index >= 15 is 0 Å². The number of sulfonamides is 1. The quantitative estimate of drug-likeness (QED) is 0.819. The van der Waals surface area contributed by atoms with E-state index in [1.54, 1.807) is 0 Å². The third kappa shape index (κ3) is 4.04. The zero-order valence-corrected chi connectivity index (χ0v) is 14.2. The SMILES string of the molecule is Cc1cc(C)c(C)c(S(=O)(=O)NCCCN(C)C)c1C. The van der Waals surface area contributed by atoms with Gasteiger partial charge in [0.1, 0.15) is 0 Å². The van der Waals surface area contributed by atoms with Crippen LogP contribution in [0.4, 0.5) is 0 Å². The molecule has 0 heterocycles. The van der Waals surface area contributed by atoms with Crippen molar-refractivity contribution in [3.05, 3.63) is 28.3 Å². The number of benzene rings is 1. The van der Waals surface area contributed by atoms with Crippen LogP contribution in [0, 0.1) is 27.7 Å². The van der Waals surface area contributed by atoms with Gasteiger partial charge in [0.2, 0.25) is 10.0 Å². The molecule has 0 aliphatic heterocycles. The van der Waals surface area contributed by atoms with Crippen molar-refractivity contribution in [2.45, 2.75) is 39.0 Å². The molecule has 1 N–H and O–H groups in total. The van der Waals surface area contributed by atoms with E-state index in [9.17, 15) is 8.42 Å². The molecule has 0 bridgehead atoms. The Morgan fingerprint density at radius 2 is 1.55 bits per heavy atom. The van der Waals surface area contributed by atoms with Crippen LogP contribution in [0.1, 0.15) is 28.7 Å². The van der Waals surface area contributed by atoms with Crippen molar-refractivity contribution in [2.75, 3.05) is 27.2 Å². The first-order valence-electron chi connectivity index (χ1n) is 6.88. The van der Waals surface area contributed by atoms with E-state index in [4.69, 9.17) is 0 Å². The van der Waals surface area contributed by atoms with Gasteiger partial charge in [-0.1, -0.05) is 6.07 Å². The lowest BCUT2D eigenvalue weighted by Crippen LogP contribution is -2.28. The van der Waals surface area contributed by atoms with Gasteiger partial charge in [-0.15, -0.1) is 0 Å². The maximum Gasteiger partial charge on any atom is 0.241 e. The average molecular weight is 298 g/mol. The molecule has 1 aromatic carbocycles. The first kappa shape index (κ1) is 17.1. The van der Waals surface area contributed by atoms with Gasteiger partial charge in [-0.05, 0) is 77.0 Å². The number of hydrogen-bond acceptors (Lipinski definition) is 3. The minimum absolute atomic E-state index is 0.444. The van der Waals surface area contributed by atoms with Gasteiger partial charge in [-0.2, -0.15) is 0 Å². The zero-order chi connectivity index (χ0) is 15.5. The fourth-order valence-electron chi connectivity index (χ4n) is 2.26. The molecule has 0 saturated carbocycles. The number of nitrogens with zero attached hydrogens (tertiary/aromatic N) is 1. The summed E-state index contributed by atoms with van der Waals surface area (Å²) >= 11 is 0. The molecule has 5 heteroatoms. The summed E-state index contributed by atoms with van der Waals surface area (Å²) < 4.78 is 27.7. The maximum absolute atomic E-state index is 12.5. The summed E-state index contributed by atoms with van der Waals surface area (Å²) in [6.45, 7) is 8.98. The summed E-state index contributed by atoms with van der Waals surface area (Å²) in [6.07, 6.45) is 0.801. The molecule has 20 heavy (non-hydrogen) atoms. The Bertz CT molecular complexity index is 552. The second-order valence-corrected chi connectivity index (χ2v) is 7.35. The van der Waals surface area contributed by atoms with Gasteiger partial charge in [0.05, 0.1) is 4.90 Å². The molecule has 0 aliphatic rings. The summed E-state index contributed by atoms with van der Waals surface area (Å²) in [5.41, 5.74) is 3.71. The predicted molar refractivity (Wildman–Crippen MR) is 83.7 cm³/mol. The van der Waals surface area contributed by atoms with Crippen LogP contribution in [0.5, 0.6) is 0 Å². The van der Waals surface area contributed by atoms with Crippen molar-refractivity contribution < 1.29 is 8.42 Å². The Labute approximate surface area is 123 Å². The Hall–Kier alpha value is -0.910. The Morgan fingerprint density at radius 1 is 1.05 bits per heavy atom. The lowest BCUT2D eigenvalue weighted by atomic mass is 10.0. The topological polar surface area (TPSA) is 49.4 Å². The molecule has 114 valence electrons. The first-order chi connectivity index (χ1) is 9.16. The fourth-order valence-corrected chi connectivity index (χ4v) is 3.94. The van der Waals surface area contributed by atoms with Gasteiger partial charge in [0.25, 0.3) is 0 Å². The molecule has 0 aliphatic carbocycles. The van der Waals surface area contributed by atoms with Crippen LogP contribution < -0.4 is 4.72 Å². The van der Waals surface area contributed by atoms with Crippen molar-refractivity contribution in [3.8, 4) is 0 Å². The van der Waals surface area contributed by atoms with Crippen molar-refractivity contribution in [3.63, 3.8) is 0 Å². The highest BCUT2D eigenvalue weighted by molar-refractivity contribution is 7.89. The fraction of sp³-hybridized carbons (Fsp3) is 0.600. The Morgan fingerprint density at radius 3 is 2.00 bits per heavy atom. The highest BCUT2D eigenvalue weighted by Crippen LogP contribution is 2.25. The molecule has 0 unspecified atom stereocenters. The lowest BCUT2D eigenvalue weighted by molar-refractivity contribution is 0.400. The number of nitrogens with one attached hydrogen (secondary N) is 1. The molecule has 0 aromatic heterocycles. The van der Waals surface area contributed by atoms with Crippen LogP contribution in [0.25, 0.3) is 0 Å². The third-order valence-corrected chi connectivity index (χ3v) is 5.37. The summed E-state index contributed by atoms with van der Waals surface area (Å²) in [6, 6.07) is 2.04. The summed E-state index contributed by atoms with van der Waals surface area (Å²) in [4.78, 5) is 2.49. The maximum atomic E-state index is 12.5. The van der Waals surface area contributed by atoms with Gasteiger partial charge >= 0.3 is 0 Å². The molecule has 0 atom stereocenters. The molecule has 0 fully saturated rings. The van der Waals surface area contributed by atoms with E-state index in [0.29, 0.717) is 11.4 Å². The second kappa shape index (κ2) is 6.70. The number of hydrogen-bond donors (Lipinski definition) is 1. The van der Waals surface area contributed by atoms with E-state index in [2.05, 4.69) is 4.72 Å². The van der Waals surface area contributed by atoms with E-state index in [1.165, 1.54) is 0 Å². The van der Waals surface area contributed by atoms with E-state index < -0.39 is 10.0 Å². The van der Waals surface area contributed by atoms with Crippen LogP contribution in [-0.4, -0.2) is 40.5 Å². The smallest absolute Gasteiger partial charge is 0.241 e. The molecule has 0 saturated heterocycles. The van der Waals surface area contributed by atoms with E-state index in [-0.39, 0.29) is 0 Å². The molecular formula is C15H26N2O2S. The van der Waals surface area contributed by atoms with Crippen molar-refractivity contribution >= 4 is 10.0 Å². The van der Waals surface area contributed by atoms with Crippen LogP contribution in [-0.2, 0) is 10.0 Å². The van der Waals surface area contributed by atoms with Gasteiger partial charge < -0.3 is 4.90 Å². The molecule has 0 radical (unpaired) electrons. The van der Waals surface area contributed by atoms with Gasteiger partial charge in [0, 0.05) is 6.54 Å². The largest absolute Gasteiger partial charge is 0.309 e. The normalized spacial score (nSPS) is 12.2. The monoisotopic (exact) mass is 298 g/mol. The standard InChI is InChI=1S/C15H26N2O2S/c1-11-10-12(2)14(4)15(13(11)3)20(18,19)16-8-7-9-17(5)6/h10,16H,7-9H2,1-6H3. The second-order valence-electron chi connectivity index (χ2n) is 5.64. The number of rotatable bonds is 6. The highest BCUT2D eigenvalue weighted by atomic mass is 32.2. The summed E-state index contributed by atoms with van der Waals surface area (Å²) in [5, 5.41) is 0. The Balaban J connectivity index is 2.99. The molecular weight excluding hydrogens is 272 g/mol. The predicted octanol–water partition coefficient (Wildman–Crippen LogP) is 2.15. The van der Waals surface area contributed by atoms with Gasteiger partial charge in [-0.25, -0.2) is 13.1 Å². The van der Waals surface area contributed by atoms with Crippen molar-refractivity contribution in [1.82, 2.24) is 9.62 Å². The van der Waals surface area contributed by atoms with Crippen molar-refractivity contribution in [2.24, 2.45) is 0 Å². The molecule has 4 nitrogen and oxygen atoms in total. The molecule has 1 aromatic rings. The van der Waals surface area contributed by atoms with Gasteiger partial charge in [-0.3, -0.25) is 0 Å². The average Bonchev–Trinajstić information content (AvgIpc) is 2.32. The lowest BCUT2D eigenvalue weighted by Gasteiger charge is -2.16. The van der Waals surface area contributed by atoms with Crippen LogP contribution in [0.2, 0.25) is 0 Å². The minimum Gasteiger partial charge on any atom is -0.309 e. The summed E-state index contributed by atoms with van der Waals surface area (Å²) in [5.74, 6) is 0. The van der Waals surface area contributed by atoms with E-state index in [0.717, 1.165) is 35.2 Å². The zero-order valence-electron chi connectivity index (χ0n) is 13.4. The van der Waals surface area contributed by atoms with Crippen LogP contribution in [0.15, 0.2) is 11.0 Å². The van der Waals surface area contributed by atoms with Crippen LogP contribution in [0.3, 0.4) is 0 Å². The third-order valence-electron chi connectivity index (χ3n) is 3.64. The van der Waals surface area contributed by atoms with Crippen LogP contribution >= 0.6 is 0 Å². The van der Waals surface area contributed by atoms with Gasteiger partial charge in [0.15, 0.2) is 0 Å². The molecule has 1 rings (SSSR count). The summed E-state index contributed by atoms with van der Waals surface area (Å²) in [7, 11) is 0.525. The van der Waals surface area contributed by atoms with Crippen molar-refractivity contribution in [1.29, 1.82) is 0 Å². The first-order valence-corrected chi connectivity index (χ1v) is 8.37. The molecule has 0 spiro atoms. The Kier molecular flexibility index (Phi) is 5.74. The minimum atomic E-state index is -3.43. The molecule has 0 amide bonds.